The molecule has 0 bridgehead atoms. The van der Waals surface area contributed by atoms with Crippen molar-refractivity contribution in [2.24, 2.45) is 0 Å². The Morgan fingerprint density at radius 3 is 2.81 bits per heavy atom. The molecular weight excluding hydrogens is 471 g/mol. The zero-order valence-electron chi connectivity index (χ0n) is 20.1. The zero-order chi connectivity index (χ0) is 25.9. The number of aromatic nitrogens is 1. The average Bonchev–Trinajstić information content (AvgIpc) is 3.49. The van der Waals surface area contributed by atoms with E-state index in [1.807, 2.05) is 48.7 Å². The molecule has 0 aliphatic heterocycles. The summed E-state index contributed by atoms with van der Waals surface area (Å²) in [5.74, 6) is -0.854. The number of hydrogen-bond acceptors (Lipinski definition) is 3. The molecule has 7 nitrogen and oxygen atoms in total. The fraction of sp³-hybridized carbons (Fsp3) is 0.172. The number of nitrogens with one attached hydrogen (secondary N) is 2. The third-order valence-corrected chi connectivity index (χ3v) is 6.83. The number of anilines is 2. The van der Waals surface area contributed by atoms with Gasteiger partial charge in [0.05, 0.1) is 17.4 Å². The lowest BCUT2D eigenvalue weighted by Gasteiger charge is -2.27. The third kappa shape index (κ3) is 5.18. The molecule has 3 aromatic carbocycles. The zero-order valence-corrected chi connectivity index (χ0v) is 20.1. The van der Waals surface area contributed by atoms with Crippen molar-refractivity contribution in [2.75, 3.05) is 17.6 Å². The van der Waals surface area contributed by atoms with Gasteiger partial charge in [-0.15, -0.1) is 0 Å². The second-order valence-electron chi connectivity index (χ2n) is 9.15. The molecule has 2 amide bonds. The number of nitrogens with zero attached hydrogens (tertiary/aromatic N) is 1. The standard InChI is InChI=1S/C29H27FN4O3/c30-21-8-10-26(24(31)16-21)33-28(35)12-6-18-5-9-23-19(15-18)7-11-27(23)34(29(36)37)14-13-20-17-32-25-4-2-1-3-22(20)25/h1-6,8-10,12,15-17,27,32H,7,11,13-14,31H2,(H,33,35)(H,36,37)/b12-6+. The first-order chi connectivity index (χ1) is 17.9. The molecule has 1 atom stereocenters. The average molecular weight is 499 g/mol. The highest BCUT2D eigenvalue weighted by Crippen LogP contribution is 2.37. The molecule has 5 rings (SSSR count). The quantitative estimate of drug-likeness (QED) is 0.192. The highest BCUT2D eigenvalue weighted by Gasteiger charge is 2.31. The highest BCUT2D eigenvalue weighted by molar-refractivity contribution is 6.03. The normalized spacial score (nSPS) is 14.7. The Kier molecular flexibility index (Phi) is 6.64. The molecule has 8 heteroatoms. The number of halogens is 1. The van der Waals surface area contributed by atoms with Gasteiger partial charge in [-0.05, 0) is 71.9 Å². The molecule has 1 aliphatic rings. The minimum absolute atomic E-state index is 0.151. The predicted octanol–water partition coefficient (Wildman–Crippen LogP) is 5.75. The van der Waals surface area contributed by atoms with Crippen LogP contribution in [0.4, 0.5) is 20.6 Å². The number of nitrogen functional groups attached to an aromatic ring is 1. The molecule has 0 fully saturated rings. The van der Waals surface area contributed by atoms with Crippen LogP contribution in [-0.4, -0.2) is 33.5 Å². The van der Waals surface area contributed by atoms with Gasteiger partial charge in [-0.1, -0.05) is 36.4 Å². The van der Waals surface area contributed by atoms with Crippen molar-refractivity contribution in [3.05, 3.63) is 101 Å². The molecule has 0 saturated carbocycles. The van der Waals surface area contributed by atoms with Gasteiger partial charge >= 0.3 is 6.09 Å². The van der Waals surface area contributed by atoms with Crippen LogP contribution in [0.1, 0.15) is 34.7 Å². The summed E-state index contributed by atoms with van der Waals surface area (Å²) in [5, 5.41) is 13.7. The number of carboxylic acid groups (broad SMARTS) is 1. The van der Waals surface area contributed by atoms with Gasteiger partial charge in [0.25, 0.3) is 0 Å². The second kappa shape index (κ2) is 10.2. The Hall–Kier alpha value is -4.59. The van der Waals surface area contributed by atoms with E-state index in [1.165, 1.54) is 23.1 Å². The van der Waals surface area contributed by atoms with E-state index in [1.54, 1.807) is 6.08 Å². The van der Waals surface area contributed by atoms with Crippen molar-refractivity contribution >= 4 is 40.4 Å². The van der Waals surface area contributed by atoms with Gasteiger partial charge in [0.1, 0.15) is 5.82 Å². The van der Waals surface area contributed by atoms with E-state index >= 15 is 0 Å². The van der Waals surface area contributed by atoms with Gasteiger partial charge in [-0.3, -0.25) is 4.79 Å². The number of aryl methyl sites for hydroxylation is 1. The SMILES string of the molecule is Nc1cc(F)ccc1NC(=O)/C=C/c1ccc2c(c1)CCC2N(CCc1c[nH]c2ccccc12)C(=O)O. The number of H-pyrrole nitrogens is 1. The van der Waals surface area contributed by atoms with Gasteiger partial charge in [-0.25, -0.2) is 9.18 Å². The Bertz CT molecular complexity index is 1510. The number of carbonyl (C=O) groups excluding carboxylic acids is 1. The molecular formula is C29H27FN4O3. The van der Waals surface area contributed by atoms with E-state index in [9.17, 15) is 19.1 Å². The predicted molar refractivity (Wildman–Crippen MR) is 143 cm³/mol. The van der Waals surface area contributed by atoms with Crippen LogP contribution in [0.5, 0.6) is 0 Å². The van der Waals surface area contributed by atoms with E-state index in [0.29, 0.717) is 25.1 Å². The fourth-order valence-electron chi connectivity index (χ4n) is 5.00. The van der Waals surface area contributed by atoms with Gasteiger partial charge in [0.2, 0.25) is 5.91 Å². The summed E-state index contributed by atoms with van der Waals surface area (Å²) in [6.45, 7) is 0.398. The van der Waals surface area contributed by atoms with Crippen LogP contribution in [0.15, 0.2) is 72.9 Å². The molecule has 0 saturated heterocycles. The summed E-state index contributed by atoms with van der Waals surface area (Å²) in [6, 6.07) is 17.4. The first-order valence-corrected chi connectivity index (χ1v) is 12.1. The van der Waals surface area contributed by atoms with Crippen molar-refractivity contribution in [3.8, 4) is 0 Å². The van der Waals surface area contributed by atoms with E-state index in [-0.39, 0.29) is 17.6 Å². The molecule has 4 aromatic rings. The summed E-state index contributed by atoms with van der Waals surface area (Å²) in [7, 11) is 0. The molecule has 1 heterocycles. The van der Waals surface area contributed by atoms with Crippen LogP contribution in [0.3, 0.4) is 0 Å². The largest absolute Gasteiger partial charge is 0.465 e. The lowest BCUT2D eigenvalue weighted by Crippen LogP contribution is -2.34. The number of amides is 2. The number of hydrogen-bond donors (Lipinski definition) is 4. The lowest BCUT2D eigenvalue weighted by molar-refractivity contribution is -0.111. The first kappa shape index (κ1) is 24.1. The number of nitrogens with two attached hydrogens (primary N) is 1. The molecule has 0 spiro atoms. The Morgan fingerprint density at radius 2 is 2.00 bits per heavy atom. The van der Waals surface area contributed by atoms with Crippen LogP contribution in [0.25, 0.3) is 17.0 Å². The van der Waals surface area contributed by atoms with Crippen molar-refractivity contribution in [1.82, 2.24) is 9.88 Å². The van der Waals surface area contributed by atoms with E-state index < -0.39 is 11.9 Å². The van der Waals surface area contributed by atoms with Crippen LogP contribution < -0.4 is 11.1 Å². The maximum absolute atomic E-state index is 13.2. The van der Waals surface area contributed by atoms with Crippen LogP contribution in [0, 0.1) is 5.82 Å². The maximum Gasteiger partial charge on any atom is 0.407 e. The second-order valence-corrected chi connectivity index (χ2v) is 9.15. The number of para-hydroxylation sites is 1. The lowest BCUT2D eigenvalue weighted by atomic mass is 10.0. The van der Waals surface area contributed by atoms with Crippen LogP contribution in [0.2, 0.25) is 0 Å². The smallest absolute Gasteiger partial charge is 0.407 e. The van der Waals surface area contributed by atoms with Crippen LogP contribution in [-0.2, 0) is 17.6 Å². The summed E-state index contributed by atoms with van der Waals surface area (Å²) in [6.07, 6.45) is 6.20. The third-order valence-electron chi connectivity index (χ3n) is 6.83. The number of fused-ring (bicyclic) bond motifs is 2. The summed E-state index contributed by atoms with van der Waals surface area (Å²) >= 11 is 0. The molecule has 1 aromatic heterocycles. The Balaban J connectivity index is 1.26. The van der Waals surface area contributed by atoms with Crippen LogP contribution >= 0.6 is 0 Å². The summed E-state index contributed by atoms with van der Waals surface area (Å²) in [5.41, 5.74) is 11.3. The van der Waals surface area contributed by atoms with Gasteiger partial charge < -0.3 is 26.0 Å². The Labute approximate surface area is 213 Å². The number of rotatable bonds is 7. The molecule has 0 radical (unpaired) electrons. The Morgan fingerprint density at radius 1 is 1.16 bits per heavy atom. The fourth-order valence-corrected chi connectivity index (χ4v) is 5.00. The number of carbonyl (C=O) groups is 2. The molecule has 1 aliphatic carbocycles. The van der Waals surface area contributed by atoms with E-state index in [2.05, 4.69) is 10.3 Å². The molecule has 5 N–H and O–H groups in total. The topological polar surface area (TPSA) is 111 Å². The summed E-state index contributed by atoms with van der Waals surface area (Å²) in [4.78, 5) is 29.3. The van der Waals surface area contributed by atoms with E-state index in [4.69, 9.17) is 5.73 Å². The van der Waals surface area contributed by atoms with Gasteiger partial charge in [0, 0.05) is 29.7 Å². The molecule has 188 valence electrons. The minimum atomic E-state index is -0.932. The summed E-state index contributed by atoms with van der Waals surface area (Å²) < 4.78 is 13.2. The first-order valence-electron chi connectivity index (χ1n) is 12.1. The minimum Gasteiger partial charge on any atom is -0.465 e. The van der Waals surface area contributed by atoms with Crippen molar-refractivity contribution in [3.63, 3.8) is 0 Å². The maximum atomic E-state index is 13.2. The van der Waals surface area contributed by atoms with E-state index in [0.717, 1.165) is 45.6 Å². The van der Waals surface area contributed by atoms with Crippen molar-refractivity contribution in [1.29, 1.82) is 0 Å². The number of aromatic amines is 1. The highest BCUT2D eigenvalue weighted by atomic mass is 19.1. The molecule has 37 heavy (non-hydrogen) atoms. The van der Waals surface area contributed by atoms with Gasteiger partial charge in [0.15, 0.2) is 0 Å². The monoisotopic (exact) mass is 498 g/mol. The number of benzene rings is 3. The van der Waals surface area contributed by atoms with Gasteiger partial charge in [-0.2, -0.15) is 0 Å². The molecule has 1 unspecified atom stereocenters. The van der Waals surface area contributed by atoms with Crippen molar-refractivity contribution < 1.29 is 19.1 Å². The van der Waals surface area contributed by atoms with Crippen molar-refractivity contribution in [2.45, 2.75) is 25.3 Å².